The van der Waals surface area contributed by atoms with Gasteiger partial charge in [0.2, 0.25) is 0 Å². The number of aromatic nitrogens is 4. The summed E-state index contributed by atoms with van der Waals surface area (Å²) in [6.45, 7) is 0. The lowest BCUT2D eigenvalue weighted by atomic mass is 9.91. The summed E-state index contributed by atoms with van der Waals surface area (Å²) in [5.41, 5.74) is 9.21. The first kappa shape index (κ1) is 33.4. The summed E-state index contributed by atoms with van der Waals surface area (Å²) >= 11 is 0. The maximum Gasteiger partial charge on any atom is 0.164 e. The van der Waals surface area contributed by atoms with Crippen LogP contribution in [0.25, 0.3) is 105 Å². The van der Waals surface area contributed by atoms with E-state index in [0.717, 1.165) is 90.2 Å². The second-order valence-corrected chi connectivity index (χ2v) is 15.2. The summed E-state index contributed by atoms with van der Waals surface area (Å²) in [7, 11) is 0. The zero-order valence-corrected chi connectivity index (χ0v) is 31.9. The van der Waals surface area contributed by atoms with Crippen molar-refractivity contribution in [1.29, 1.82) is 0 Å². The molecule has 3 heterocycles. The van der Waals surface area contributed by atoms with Crippen molar-refractivity contribution in [2.24, 2.45) is 0 Å². The van der Waals surface area contributed by atoms with Crippen LogP contribution in [0.5, 0.6) is 0 Å². The van der Waals surface area contributed by atoms with Crippen molar-refractivity contribution in [1.82, 2.24) is 19.9 Å². The van der Waals surface area contributed by atoms with E-state index in [-0.39, 0.29) is 0 Å². The van der Waals surface area contributed by atoms with E-state index in [0.29, 0.717) is 17.5 Å². The molecule has 8 aromatic carbocycles. The van der Waals surface area contributed by atoms with Crippen LogP contribution in [0.3, 0.4) is 0 Å². The molecule has 0 bridgehead atoms. The molecule has 0 spiro atoms. The normalized spacial score (nSPS) is 12.7. The first-order valence-corrected chi connectivity index (χ1v) is 20.1. The summed E-state index contributed by atoms with van der Waals surface area (Å²) in [5.74, 6) is 2.84. The lowest BCUT2D eigenvalue weighted by Crippen LogP contribution is -2.07. The molecule has 12 rings (SSSR count). The second-order valence-electron chi connectivity index (χ2n) is 15.2. The highest BCUT2D eigenvalue weighted by molar-refractivity contribution is 6.21. The van der Waals surface area contributed by atoms with E-state index in [4.69, 9.17) is 19.4 Å². The number of rotatable bonds is 5. The van der Waals surface area contributed by atoms with Crippen LogP contribution in [0, 0.1) is 0 Å². The first-order valence-electron chi connectivity index (χ1n) is 20.1. The minimum atomic E-state index is 0.614. The molecule has 276 valence electrons. The fraction of sp³-hybridized carbons (Fsp3) is 0.0370. The summed E-state index contributed by atoms with van der Waals surface area (Å²) in [4.78, 5) is 20.4. The highest BCUT2D eigenvalue weighted by Gasteiger charge is 2.26. The van der Waals surface area contributed by atoms with Crippen molar-refractivity contribution in [3.05, 3.63) is 199 Å². The Bertz CT molecular complexity index is 3510. The third-order valence-electron chi connectivity index (χ3n) is 11.9. The van der Waals surface area contributed by atoms with Crippen molar-refractivity contribution in [3.63, 3.8) is 0 Å². The molecule has 0 unspecified atom stereocenters. The van der Waals surface area contributed by atoms with Crippen molar-refractivity contribution in [3.8, 4) is 45.0 Å². The molecule has 3 aromatic heterocycles. The second kappa shape index (κ2) is 13.4. The molecule has 0 atom stereocenters. The van der Waals surface area contributed by atoms with E-state index in [1.807, 2.05) is 18.5 Å². The number of nitrogens with zero attached hydrogens (tertiary/aromatic N) is 4. The van der Waals surface area contributed by atoms with Gasteiger partial charge in [-0.1, -0.05) is 152 Å². The Morgan fingerprint density at radius 1 is 0.441 bits per heavy atom. The molecule has 5 heteroatoms. The van der Waals surface area contributed by atoms with Gasteiger partial charge in [-0.15, -0.1) is 0 Å². The molecular formula is C54H34N4O. The predicted molar refractivity (Wildman–Crippen MR) is 241 cm³/mol. The molecule has 0 radical (unpaired) electrons. The largest absolute Gasteiger partial charge is 0.460 e. The van der Waals surface area contributed by atoms with Crippen LogP contribution in [0.1, 0.15) is 23.6 Å². The van der Waals surface area contributed by atoms with Crippen LogP contribution >= 0.6 is 0 Å². The van der Waals surface area contributed by atoms with Crippen LogP contribution in [0.2, 0.25) is 0 Å². The summed E-state index contributed by atoms with van der Waals surface area (Å²) in [6, 6.07) is 57.8. The van der Waals surface area contributed by atoms with Gasteiger partial charge in [0.1, 0.15) is 11.3 Å². The summed E-state index contributed by atoms with van der Waals surface area (Å²) in [5, 5.41) is 10.5. The lowest BCUT2D eigenvalue weighted by molar-refractivity contribution is 0.548. The van der Waals surface area contributed by atoms with Gasteiger partial charge in [0.05, 0.1) is 0 Å². The Morgan fingerprint density at radius 3 is 2.05 bits per heavy atom. The van der Waals surface area contributed by atoms with Crippen molar-refractivity contribution >= 4 is 59.6 Å². The number of hydrogen-bond donors (Lipinski definition) is 0. The first-order chi connectivity index (χ1) is 29.2. The number of allylic oxidation sites excluding steroid dienone is 1. The Balaban J connectivity index is 1.07. The fourth-order valence-corrected chi connectivity index (χ4v) is 9.12. The van der Waals surface area contributed by atoms with Gasteiger partial charge in [0.15, 0.2) is 17.5 Å². The minimum Gasteiger partial charge on any atom is -0.460 e. The van der Waals surface area contributed by atoms with Crippen LogP contribution in [-0.4, -0.2) is 19.9 Å². The van der Waals surface area contributed by atoms with Crippen LogP contribution in [0.15, 0.2) is 187 Å². The molecular weight excluding hydrogens is 721 g/mol. The van der Waals surface area contributed by atoms with Gasteiger partial charge in [-0.25, -0.2) is 15.0 Å². The van der Waals surface area contributed by atoms with Crippen molar-refractivity contribution in [2.45, 2.75) is 12.8 Å². The van der Waals surface area contributed by atoms with Gasteiger partial charge in [0, 0.05) is 57.2 Å². The summed E-state index contributed by atoms with van der Waals surface area (Å²) in [6.07, 6.45) is 7.74. The average molecular weight is 755 g/mol. The highest BCUT2D eigenvalue weighted by atomic mass is 16.3. The van der Waals surface area contributed by atoms with Crippen molar-refractivity contribution < 1.29 is 4.42 Å². The molecule has 1 aliphatic carbocycles. The summed E-state index contributed by atoms with van der Waals surface area (Å²) < 4.78 is 6.70. The topological polar surface area (TPSA) is 64.7 Å². The molecule has 0 aliphatic heterocycles. The molecule has 0 fully saturated rings. The maximum absolute atomic E-state index is 6.70. The van der Waals surface area contributed by atoms with Gasteiger partial charge in [-0.05, 0) is 79.2 Å². The molecule has 0 amide bonds. The zero-order valence-electron chi connectivity index (χ0n) is 31.9. The fourth-order valence-electron chi connectivity index (χ4n) is 9.12. The van der Waals surface area contributed by atoms with Crippen molar-refractivity contribution in [2.75, 3.05) is 0 Å². The number of hydrogen-bond acceptors (Lipinski definition) is 5. The third kappa shape index (κ3) is 5.47. The van der Waals surface area contributed by atoms with Crippen LogP contribution in [-0.2, 0) is 6.42 Å². The quantitative estimate of drug-likeness (QED) is 0.164. The van der Waals surface area contributed by atoms with Gasteiger partial charge in [-0.2, -0.15) is 0 Å². The monoisotopic (exact) mass is 754 g/mol. The number of pyridine rings is 1. The lowest BCUT2D eigenvalue weighted by Gasteiger charge is -2.16. The van der Waals surface area contributed by atoms with Crippen LogP contribution in [0.4, 0.5) is 0 Å². The standard InChI is InChI=1S/C54H34N4O/c1-2-11-33(12-3-1)39-17-6-7-19-44(39)53-56-52(57-54(58-53)46-21-10-22-48-50(46)45-28-24-34-13-4-5-18-41(34)51(45)59-48)38-16-8-15-37(31-38)40-20-9-14-36-25-26-42-43(49(36)40)27-23-35-29-30-55-32-47(35)42/h1-9,11-21,23-32H,10,22H2. The smallest absolute Gasteiger partial charge is 0.164 e. The molecule has 0 N–H and O–H groups in total. The Hall–Kier alpha value is -7.76. The SMILES string of the molecule is C1=C(c2nc(-c3cccc(-c4cccc5ccc6c7cnccc7ccc6c45)c3)nc(-c3ccccc3-c3ccccc3)n2)c2c(oc3c2ccc2ccccc23)CC1. The predicted octanol–water partition coefficient (Wildman–Crippen LogP) is 13.7. The van der Waals surface area contributed by atoms with E-state index < -0.39 is 0 Å². The Labute approximate surface area is 340 Å². The highest BCUT2D eigenvalue weighted by Crippen LogP contribution is 2.43. The van der Waals surface area contributed by atoms with E-state index in [1.54, 1.807) is 0 Å². The van der Waals surface area contributed by atoms with E-state index >= 15 is 0 Å². The minimum absolute atomic E-state index is 0.614. The van der Waals surface area contributed by atoms with E-state index in [1.165, 1.54) is 26.9 Å². The van der Waals surface area contributed by atoms with E-state index in [2.05, 4.69) is 169 Å². The zero-order chi connectivity index (χ0) is 38.9. The molecule has 5 nitrogen and oxygen atoms in total. The Kier molecular flexibility index (Phi) is 7.60. The number of aryl methyl sites for hydroxylation is 1. The van der Waals surface area contributed by atoms with Gasteiger partial charge < -0.3 is 4.42 Å². The molecule has 0 saturated heterocycles. The molecule has 0 saturated carbocycles. The number of benzene rings is 8. The van der Waals surface area contributed by atoms with E-state index in [9.17, 15) is 0 Å². The molecule has 11 aromatic rings. The van der Waals surface area contributed by atoms with Gasteiger partial charge in [0.25, 0.3) is 0 Å². The maximum atomic E-state index is 6.70. The third-order valence-corrected chi connectivity index (χ3v) is 11.9. The Morgan fingerprint density at radius 2 is 1.12 bits per heavy atom. The molecule has 1 aliphatic rings. The average Bonchev–Trinajstić information content (AvgIpc) is 3.71. The molecule has 59 heavy (non-hydrogen) atoms. The van der Waals surface area contributed by atoms with Gasteiger partial charge in [-0.3, -0.25) is 4.98 Å². The van der Waals surface area contributed by atoms with Crippen LogP contribution < -0.4 is 0 Å². The number of furan rings is 1. The number of fused-ring (bicyclic) bond motifs is 10. The van der Waals surface area contributed by atoms with Gasteiger partial charge >= 0.3 is 0 Å².